The summed E-state index contributed by atoms with van der Waals surface area (Å²) in [5, 5.41) is 11.4. The Morgan fingerprint density at radius 2 is 2.00 bits per heavy atom. The van der Waals surface area contributed by atoms with Crippen LogP contribution in [0.15, 0.2) is 53.7 Å². The fourth-order valence-electron chi connectivity index (χ4n) is 3.21. The molecule has 0 saturated heterocycles. The molecule has 0 bridgehead atoms. The van der Waals surface area contributed by atoms with Crippen molar-refractivity contribution in [1.29, 1.82) is 0 Å². The number of aliphatic hydroxyl groups excluding tert-OH is 1. The third kappa shape index (κ3) is 3.01. The van der Waals surface area contributed by atoms with E-state index in [-0.39, 0.29) is 11.4 Å². The summed E-state index contributed by atoms with van der Waals surface area (Å²) in [7, 11) is -3.79. The number of H-pyrrole nitrogens is 1. The molecule has 6 nitrogen and oxygen atoms in total. The maximum Gasteiger partial charge on any atom is 0.242 e. The van der Waals surface area contributed by atoms with Gasteiger partial charge in [-0.15, -0.1) is 0 Å². The molecule has 1 saturated carbocycles. The van der Waals surface area contributed by atoms with Gasteiger partial charge in [-0.25, -0.2) is 18.1 Å². The molecule has 1 aliphatic carbocycles. The fraction of sp³-hybridized carbons (Fsp3) is 0.278. The number of aromatic nitrogens is 2. The van der Waals surface area contributed by atoms with Crippen molar-refractivity contribution in [2.24, 2.45) is 5.41 Å². The predicted octanol–water partition coefficient (Wildman–Crippen LogP) is 3.01. The highest BCUT2D eigenvalue weighted by atomic mass is 35.5. The van der Waals surface area contributed by atoms with Crippen LogP contribution >= 0.6 is 11.6 Å². The van der Waals surface area contributed by atoms with E-state index in [1.54, 1.807) is 6.07 Å². The van der Waals surface area contributed by atoms with E-state index >= 15 is 0 Å². The molecule has 1 aliphatic rings. The maximum atomic E-state index is 12.8. The number of hydrogen-bond donors (Lipinski definition) is 3. The van der Waals surface area contributed by atoms with Crippen molar-refractivity contribution in [2.45, 2.75) is 23.8 Å². The third-order valence-corrected chi connectivity index (χ3v) is 6.72. The molecule has 2 heterocycles. The normalized spacial score (nSPS) is 17.3. The number of nitrogens with zero attached hydrogens (tertiary/aromatic N) is 1. The first-order valence-corrected chi connectivity index (χ1v) is 10.1. The number of rotatable bonds is 6. The van der Waals surface area contributed by atoms with Crippen LogP contribution in [-0.2, 0) is 10.0 Å². The molecule has 0 aliphatic heterocycles. The van der Waals surface area contributed by atoms with Gasteiger partial charge in [0.1, 0.15) is 10.5 Å². The van der Waals surface area contributed by atoms with Gasteiger partial charge in [0.25, 0.3) is 0 Å². The lowest BCUT2D eigenvalue weighted by Gasteiger charge is -2.23. The van der Waals surface area contributed by atoms with E-state index in [1.165, 1.54) is 12.4 Å². The van der Waals surface area contributed by atoms with E-state index in [2.05, 4.69) is 14.7 Å². The summed E-state index contributed by atoms with van der Waals surface area (Å²) in [4.78, 5) is 6.99. The first-order chi connectivity index (χ1) is 12.4. The highest BCUT2D eigenvalue weighted by molar-refractivity contribution is 7.89. The Balaban J connectivity index is 1.57. The van der Waals surface area contributed by atoms with Crippen molar-refractivity contribution in [3.05, 3.63) is 59.4 Å². The molecule has 8 heteroatoms. The van der Waals surface area contributed by atoms with Gasteiger partial charge in [0.15, 0.2) is 0 Å². The average Bonchev–Trinajstić information content (AvgIpc) is 3.30. The molecule has 1 atom stereocenters. The first kappa shape index (κ1) is 17.5. The molecule has 1 aromatic carbocycles. The van der Waals surface area contributed by atoms with Gasteiger partial charge in [-0.3, -0.25) is 0 Å². The molecular weight excluding hydrogens is 374 g/mol. The Morgan fingerprint density at radius 3 is 2.69 bits per heavy atom. The second-order valence-electron chi connectivity index (χ2n) is 6.67. The number of hydrogen-bond acceptors (Lipinski definition) is 4. The molecule has 1 fully saturated rings. The number of sulfonamides is 1. The first-order valence-electron chi connectivity index (χ1n) is 8.27. The minimum absolute atomic E-state index is 0.0654. The fourth-order valence-corrected chi connectivity index (χ4v) is 4.84. The van der Waals surface area contributed by atoms with E-state index in [4.69, 9.17) is 11.6 Å². The molecule has 3 N–H and O–H groups in total. The quantitative estimate of drug-likeness (QED) is 0.602. The molecule has 0 amide bonds. The van der Waals surface area contributed by atoms with Crippen LogP contribution in [0, 0.1) is 5.41 Å². The van der Waals surface area contributed by atoms with Crippen LogP contribution in [0.2, 0.25) is 5.02 Å². The molecule has 3 aromatic rings. The maximum absolute atomic E-state index is 12.8. The molecule has 0 unspecified atom stereocenters. The standard InChI is InChI=1S/C18H18ClN3O3S/c19-13-6-9-20-17-15(13)14(10-21-17)26(24,25)22-11-18(7-8-18)16(23)12-4-2-1-3-5-12/h1-6,9-10,16,22-23H,7-8,11H2,(H,20,21)/t16-/m0/s1. The number of aliphatic hydroxyl groups is 1. The van der Waals surface area contributed by atoms with Gasteiger partial charge in [-0.1, -0.05) is 41.9 Å². The summed E-state index contributed by atoms with van der Waals surface area (Å²) in [5.41, 5.74) is 0.745. The number of aromatic amines is 1. The second kappa shape index (κ2) is 6.35. The van der Waals surface area contributed by atoms with Crippen LogP contribution in [0.3, 0.4) is 0 Å². The third-order valence-electron chi connectivity index (χ3n) is 4.98. The summed E-state index contributed by atoms with van der Waals surface area (Å²) in [5.74, 6) is 0. The Labute approximate surface area is 156 Å². The minimum atomic E-state index is -3.79. The Morgan fingerprint density at radius 1 is 1.27 bits per heavy atom. The molecule has 2 aromatic heterocycles. The molecule has 0 radical (unpaired) electrons. The van der Waals surface area contributed by atoms with Gasteiger partial charge in [0, 0.05) is 24.4 Å². The van der Waals surface area contributed by atoms with Crippen LogP contribution in [-0.4, -0.2) is 30.0 Å². The largest absolute Gasteiger partial charge is 0.388 e. The lowest BCUT2D eigenvalue weighted by atomic mass is 9.93. The van der Waals surface area contributed by atoms with Crippen LogP contribution < -0.4 is 4.72 Å². The summed E-state index contributed by atoms with van der Waals surface area (Å²) < 4.78 is 28.2. The van der Waals surface area contributed by atoms with E-state index in [0.29, 0.717) is 16.1 Å². The summed E-state index contributed by atoms with van der Waals surface area (Å²) in [6.45, 7) is 0.163. The van der Waals surface area contributed by atoms with Gasteiger partial charge in [0.2, 0.25) is 10.0 Å². The van der Waals surface area contributed by atoms with Crippen molar-refractivity contribution in [2.75, 3.05) is 6.54 Å². The number of fused-ring (bicyclic) bond motifs is 1. The van der Waals surface area contributed by atoms with Gasteiger partial charge in [0.05, 0.1) is 16.5 Å². The van der Waals surface area contributed by atoms with Crippen LogP contribution in [0.4, 0.5) is 0 Å². The SMILES string of the molecule is O=S(=O)(NCC1([C@@H](O)c2ccccc2)CC1)c1c[nH]c2nccc(Cl)c12. The zero-order chi connectivity index (χ0) is 18.4. The summed E-state index contributed by atoms with van der Waals surface area (Å²) in [6, 6.07) is 10.9. The molecule has 136 valence electrons. The van der Waals surface area contributed by atoms with Crippen LogP contribution in [0.25, 0.3) is 11.0 Å². The van der Waals surface area contributed by atoms with Crippen molar-refractivity contribution in [3.63, 3.8) is 0 Å². The van der Waals surface area contributed by atoms with Gasteiger partial charge in [-0.2, -0.15) is 0 Å². The van der Waals surface area contributed by atoms with Crippen molar-refractivity contribution >= 4 is 32.7 Å². The molecule has 4 rings (SSSR count). The lowest BCUT2D eigenvalue weighted by molar-refractivity contribution is 0.0953. The van der Waals surface area contributed by atoms with E-state index in [1.807, 2.05) is 30.3 Å². The van der Waals surface area contributed by atoms with Crippen molar-refractivity contribution < 1.29 is 13.5 Å². The smallest absolute Gasteiger partial charge is 0.242 e. The number of pyridine rings is 1. The van der Waals surface area contributed by atoms with Crippen LogP contribution in [0.5, 0.6) is 0 Å². The predicted molar refractivity (Wildman–Crippen MR) is 99.4 cm³/mol. The number of halogens is 1. The molecule has 26 heavy (non-hydrogen) atoms. The Kier molecular flexibility index (Phi) is 4.27. The van der Waals surface area contributed by atoms with Gasteiger partial charge < -0.3 is 10.1 Å². The highest BCUT2D eigenvalue weighted by Gasteiger charge is 2.50. The van der Waals surface area contributed by atoms with Crippen molar-refractivity contribution in [1.82, 2.24) is 14.7 Å². The monoisotopic (exact) mass is 391 g/mol. The minimum Gasteiger partial charge on any atom is -0.388 e. The van der Waals surface area contributed by atoms with Crippen LogP contribution in [0.1, 0.15) is 24.5 Å². The Hall–Kier alpha value is -1.93. The lowest BCUT2D eigenvalue weighted by Crippen LogP contribution is -2.33. The zero-order valence-electron chi connectivity index (χ0n) is 13.8. The molecular formula is C18H18ClN3O3S. The topological polar surface area (TPSA) is 95.1 Å². The van der Waals surface area contributed by atoms with Crippen molar-refractivity contribution in [3.8, 4) is 0 Å². The van der Waals surface area contributed by atoms with E-state index in [0.717, 1.165) is 18.4 Å². The number of nitrogens with one attached hydrogen (secondary N) is 2. The summed E-state index contributed by atoms with van der Waals surface area (Å²) >= 11 is 6.15. The zero-order valence-corrected chi connectivity index (χ0v) is 15.4. The Bertz CT molecular complexity index is 1050. The summed E-state index contributed by atoms with van der Waals surface area (Å²) in [6.07, 6.45) is 3.72. The van der Waals surface area contributed by atoms with Gasteiger partial charge in [-0.05, 0) is 24.5 Å². The highest BCUT2D eigenvalue weighted by Crippen LogP contribution is 2.54. The second-order valence-corrected chi connectivity index (χ2v) is 8.81. The van der Waals surface area contributed by atoms with E-state index in [9.17, 15) is 13.5 Å². The average molecular weight is 392 g/mol. The van der Waals surface area contributed by atoms with Gasteiger partial charge >= 0.3 is 0 Å². The number of benzene rings is 1. The molecule has 0 spiro atoms. The van der Waals surface area contributed by atoms with E-state index < -0.39 is 21.5 Å².